The highest BCUT2D eigenvalue weighted by Crippen LogP contribution is 2.25. The second kappa shape index (κ2) is 10.3. The lowest BCUT2D eigenvalue weighted by molar-refractivity contribution is 0.0342. The Balaban J connectivity index is 1.57. The third-order valence-electron chi connectivity index (χ3n) is 6.23. The van der Waals surface area contributed by atoms with Gasteiger partial charge in [-0.25, -0.2) is 0 Å². The van der Waals surface area contributed by atoms with E-state index >= 15 is 0 Å². The van der Waals surface area contributed by atoms with Crippen LogP contribution in [-0.2, 0) is 4.74 Å². The fourth-order valence-corrected chi connectivity index (χ4v) is 4.42. The highest BCUT2D eigenvalue weighted by Gasteiger charge is 2.22. The van der Waals surface area contributed by atoms with Crippen molar-refractivity contribution in [2.45, 2.75) is 32.7 Å². The number of amides is 2. The van der Waals surface area contributed by atoms with Gasteiger partial charge in [0.25, 0.3) is 11.8 Å². The molecule has 2 aromatic carbocycles. The normalized spacial score (nSPS) is 17.9. The molecule has 2 aliphatic heterocycles. The molecule has 32 heavy (non-hydrogen) atoms. The Labute approximate surface area is 190 Å². The minimum atomic E-state index is -0.143. The van der Waals surface area contributed by atoms with Crippen LogP contribution in [0.25, 0.3) is 11.1 Å². The quantitative estimate of drug-likeness (QED) is 0.756. The molecule has 2 aliphatic rings. The lowest BCUT2D eigenvalue weighted by Gasteiger charge is -2.29. The first-order chi connectivity index (χ1) is 15.5. The number of likely N-dealkylation sites (tertiary alicyclic amines) is 1. The molecular formula is C26H33N3O3. The molecule has 0 radical (unpaired) electrons. The summed E-state index contributed by atoms with van der Waals surface area (Å²) in [5.41, 5.74) is 4.17. The van der Waals surface area contributed by atoms with E-state index in [1.807, 2.05) is 43.0 Å². The lowest BCUT2D eigenvalue weighted by atomic mass is 9.98. The van der Waals surface area contributed by atoms with Gasteiger partial charge in [0.1, 0.15) is 0 Å². The van der Waals surface area contributed by atoms with Gasteiger partial charge in [0.15, 0.2) is 0 Å². The van der Waals surface area contributed by atoms with E-state index in [9.17, 15) is 9.59 Å². The average Bonchev–Trinajstić information content (AvgIpc) is 3.34. The third-order valence-corrected chi connectivity index (χ3v) is 6.23. The van der Waals surface area contributed by atoms with Crippen molar-refractivity contribution < 1.29 is 14.3 Å². The van der Waals surface area contributed by atoms with Crippen molar-refractivity contribution in [1.29, 1.82) is 0 Å². The third kappa shape index (κ3) is 5.56. The smallest absolute Gasteiger partial charge is 0.253 e. The molecule has 170 valence electrons. The zero-order valence-electron chi connectivity index (χ0n) is 19.1. The van der Waals surface area contributed by atoms with Crippen LogP contribution in [0.5, 0.6) is 0 Å². The predicted octanol–water partition coefficient (Wildman–Crippen LogP) is 3.35. The van der Waals surface area contributed by atoms with E-state index in [0.29, 0.717) is 11.1 Å². The van der Waals surface area contributed by atoms with Crippen LogP contribution in [0, 0.1) is 6.92 Å². The van der Waals surface area contributed by atoms with Gasteiger partial charge in [0, 0.05) is 49.9 Å². The molecule has 0 unspecified atom stereocenters. The zero-order valence-corrected chi connectivity index (χ0v) is 19.1. The van der Waals surface area contributed by atoms with E-state index < -0.39 is 0 Å². The molecule has 0 bridgehead atoms. The number of aryl methyl sites for hydroxylation is 1. The number of carbonyl (C=O) groups is 2. The Morgan fingerprint density at radius 2 is 1.59 bits per heavy atom. The van der Waals surface area contributed by atoms with Crippen LogP contribution in [0.4, 0.5) is 0 Å². The largest absolute Gasteiger partial charge is 0.379 e. The molecule has 6 nitrogen and oxygen atoms in total. The number of rotatable bonds is 6. The SMILES string of the molecule is Cc1ccc(-c2cc(C(=O)N[C@@H](C)CN3CCOCC3)cc(C(=O)N3CCCC3)c2)cc1. The van der Waals surface area contributed by atoms with E-state index in [1.54, 1.807) is 6.07 Å². The highest BCUT2D eigenvalue weighted by molar-refractivity contribution is 6.01. The molecular weight excluding hydrogens is 402 g/mol. The molecule has 1 N–H and O–H groups in total. The topological polar surface area (TPSA) is 61.9 Å². The van der Waals surface area contributed by atoms with Crippen molar-refractivity contribution in [2.75, 3.05) is 45.9 Å². The van der Waals surface area contributed by atoms with E-state index in [-0.39, 0.29) is 17.9 Å². The van der Waals surface area contributed by atoms with Gasteiger partial charge in [-0.1, -0.05) is 29.8 Å². The first-order valence-corrected chi connectivity index (χ1v) is 11.6. The zero-order chi connectivity index (χ0) is 22.5. The number of ether oxygens (including phenoxy) is 1. The summed E-state index contributed by atoms with van der Waals surface area (Å²) in [6, 6.07) is 13.7. The standard InChI is InChI=1S/C26H33N3O3/c1-19-5-7-21(8-6-19)22-15-23(17-24(16-22)26(31)29-9-3-4-10-29)25(30)27-20(2)18-28-11-13-32-14-12-28/h5-8,15-17,20H,3-4,9-14,18H2,1-2H3,(H,27,30)/t20-/m0/s1. The van der Waals surface area contributed by atoms with Crippen molar-refractivity contribution in [3.8, 4) is 11.1 Å². The second-order valence-electron chi connectivity index (χ2n) is 8.95. The molecule has 2 saturated heterocycles. The summed E-state index contributed by atoms with van der Waals surface area (Å²) in [5, 5.41) is 3.12. The van der Waals surface area contributed by atoms with Gasteiger partial charge < -0.3 is 15.0 Å². The molecule has 0 spiro atoms. The van der Waals surface area contributed by atoms with Crippen LogP contribution >= 0.6 is 0 Å². The van der Waals surface area contributed by atoms with Gasteiger partial charge in [-0.3, -0.25) is 14.5 Å². The summed E-state index contributed by atoms with van der Waals surface area (Å²) < 4.78 is 5.41. The minimum absolute atomic E-state index is 0.00126. The molecule has 0 aliphatic carbocycles. The van der Waals surface area contributed by atoms with Gasteiger partial charge in [-0.05, 0) is 56.0 Å². The number of nitrogens with zero attached hydrogens (tertiary/aromatic N) is 2. The molecule has 0 saturated carbocycles. The van der Waals surface area contributed by atoms with E-state index in [4.69, 9.17) is 4.74 Å². The Bertz CT molecular complexity index is 945. The number of morpholine rings is 1. The van der Waals surface area contributed by atoms with Crippen LogP contribution in [0.1, 0.15) is 46.0 Å². The molecule has 1 atom stereocenters. The van der Waals surface area contributed by atoms with Gasteiger partial charge in [0.05, 0.1) is 13.2 Å². The van der Waals surface area contributed by atoms with Crippen LogP contribution in [0.15, 0.2) is 42.5 Å². The maximum absolute atomic E-state index is 13.2. The van der Waals surface area contributed by atoms with E-state index in [1.165, 1.54) is 5.56 Å². The summed E-state index contributed by atoms with van der Waals surface area (Å²) in [6.45, 7) is 9.67. The van der Waals surface area contributed by atoms with Gasteiger partial charge in [0.2, 0.25) is 0 Å². The molecule has 0 aromatic heterocycles. The second-order valence-corrected chi connectivity index (χ2v) is 8.95. The molecule has 2 amide bonds. The maximum Gasteiger partial charge on any atom is 0.253 e. The predicted molar refractivity (Wildman–Crippen MR) is 126 cm³/mol. The lowest BCUT2D eigenvalue weighted by Crippen LogP contribution is -2.46. The number of nitrogens with one attached hydrogen (secondary N) is 1. The summed E-state index contributed by atoms with van der Waals surface area (Å²) >= 11 is 0. The molecule has 2 aromatic rings. The summed E-state index contributed by atoms with van der Waals surface area (Å²) in [7, 11) is 0. The summed E-state index contributed by atoms with van der Waals surface area (Å²) in [4.78, 5) is 30.5. The van der Waals surface area contributed by atoms with Crippen molar-refractivity contribution in [2.24, 2.45) is 0 Å². The minimum Gasteiger partial charge on any atom is -0.379 e. The summed E-state index contributed by atoms with van der Waals surface area (Å²) in [5.74, 6) is -0.137. The Morgan fingerprint density at radius 3 is 2.28 bits per heavy atom. The molecule has 2 heterocycles. The van der Waals surface area contributed by atoms with Crippen molar-refractivity contribution in [3.05, 3.63) is 59.2 Å². The average molecular weight is 436 g/mol. The number of benzene rings is 2. The van der Waals surface area contributed by atoms with Crippen molar-refractivity contribution >= 4 is 11.8 Å². The van der Waals surface area contributed by atoms with Crippen LogP contribution in [0.3, 0.4) is 0 Å². The fraction of sp³-hybridized carbons (Fsp3) is 0.462. The number of carbonyl (C=O) groups excluding carboxylic acids is 2. The van der Waals surface area contributed by atoms with Crippen molar-refractivity contribution in [1.82, 2.24) is 15.1 Å². The Hall–Kier alpha value is -2.70. The van der Waals surface area contributed by atoms with Gasteiger partial charge in [-0.15, -0.1) is 0 Å². The number of hydrogen-bond donors (Lipinski definition) is 1. The molecule has 2 fully saturated rings. The Kier molecular flexibility index (Phi) is 7.22. The van der Waals surface area contributed by atoms with Crippen molar-refractivity contribution in [3.63, 3.8) is 0 Å². The van der Waals surface area contributed by atoms with E-state index in [0.717, 1.165) is 69.9 Å². The van der Waals surface area contributed by atoms with Gasteiger partial charge in [-0.2, -0.15) is 0 Å². The van der Waals surface area contributed by atoms with Crippen LogP contribution < -0.4 is 5.32 Å². The Morgan fingerprint density at radius 1 is 0.938 bits per heavy atom. The number of hydrogen-bond acceptors (Lipinski definition) is 4. The monoisotopic (exact) mass is 435 g/mol. The van der Waals surface area contributed by atoms with E-state index in [2.05, 4.69) is 22.3 Å². The first-order valence-electron chi connectivity index (χ1n) is 11.6. The first kappa shape index (κ1) is 22.5. The molecule has 6 heteroatoms. The van der Waals surface area contributed by atoms with Gasteiger partial charge >= 0.3 is 0 Å². The molecule has 4 rings (SSSR count). The van der Waals surface area contributed by atoms with Crippen LogP contribution in [0.2, 0.25) is 0 Å². The maximum atomic E-state index is 13.2. The fourth-order valence-electron chi connectivity index (χ4n) is 4.42. The summed E-state index contributed by atoms with van der Waals surface area (Å²) in [6.07, 6.45) is 2.07. The van der Waals surface area contributed by atoms with Crippen LogP contribution in [-0.4, -0.2) is 73.6 Å². The highest BCUT2D eigenvalue weighted by atomic mass is 16.5.